The van der Waals surface area contributed by atoms with E-state index in [1.165, 1.54) is 11.1 Å². The van der Waals surface area contributed by atoms with Crippen molar-refractivity contribution in [3.63, 3.8) is 0 Å². The number of nitrogens with zero attached hydrogens (tertiary/aromatic N) is 1. The SMILES string of the molecule is Cc1ccccc1NC(=S)N1CC2C(NCCOc3ccc(C[C@H](Oc4ccc(C(C)(C)C)cc4)C(=O)O)cc3)[C@H]2C1. The highest BCUT2D eigenvalue weighted by Crippen LogP contribution is 2.45. The number of thiocarbonyl (C=S) groups is 1. The maximum atomic E-state index is 11.9. The van der Waals surface area contributed by atoms with Gasteiger partial charge in [0.1, 0.15) is 18.1 Å². The highest BCUT2D eigenvalue weighted by Gasteiger charge is 2.55. The number of para-hydroxylation sites is 1. The van der Waals surface area contributed by atoms with E-state index < -0.39 is 12.1 Å². The predicted molar refractivity (Wildman–Crippen MR) is 171 cm³/mol. The van der Waals surface area contributed by atoms with E-state index in [2.05, 4.69) is 55.4 Å². The Hall–Kier alpha value is -3.62. The zero-order valence-corrected chi connectivity index (χ0v) is 25.6. The molecule has 1 heterocycles. The minimum atomic E-state index is -0.987. The van der Waals surface area contributed by atoms with Crippen LogP contribution in [0.25, 0.3) is 0 Å². The molecule has 1 aliphatic carbocycles. The average Bonchev–Trinajstić information content (AvgIpc) is 3.39. The third-order valence-corrected chi connectivity index (χ3v) is 8.60. The third-order valence-electron chi connectivity index (χ3n) is 8.24. The van der Waals surface area contributed by atoms with Crippen molar-refractivity contribution in [1.82, 2.24) is 10.2 Å². The number of benzene rings is 3. The van der Waals surface area contributed by atoms with Gasteiger partial charge in [0.25, 0.3) is 0 Å². The molecule has 2 unspecified atom stereocenters. The summed E-state index contributed by atoms with van der Waals surface area (Å²) < 4.78 is 11.7. The van der Waals surface area contributed by atoms with Gasteiger partial charge in [-0.2, -0.15) is 0 Å². The van der Waals surface area contributed by atoms with E-state index in [0.29, 0.717) is 30.2 Å². The molecule has 42 heavy (non-hydrogen) atoms. The van der Waals surface area contributed by atoms with Gasteiger partial charge in [0.15, 0.2) is 11.2 Å². The monoisotopic (exact) mass is 587 g/mol. The fourth-order valence-corrected chi connectivity index (χ4v) is 5.87. The quantitative estimate of drug-likeness (QED) is 0.196. The fraction of sp³-hybridized carbons (Fsp3) is 0.412. The number of fused-ring (bicyclic) bond motifs is 1. The van der Waals surface area contributed by atoms with E-state index in [-0.39, 0.29) is 11.8 Å². The molecule has 7 nitrogen and oxygen atoms in total. The smallest absolute Gasteiger partial charge is 0.345 e. The van der Waals surface area contributed by atoms with Crippen molar-refractivity contribution < 1.29 is 19.4 Å². The van der Waals surface area contributed by atoms with Crippen molar-refractivity contribution in [3.05, 3.63) is 89.5 Å². The second-order valence-electron chi connectivity index (χ2n) is 12.4. The highest BCUT2D eigenvalue weighted by atomic mass is 32.1. The van der Waals surface area contributed by atoms with Crippen LogP contribution in [0.5, 0.6) is 11.5 Å². The first-order valence-corrected chi connectivity index (χ1v) is 15.1. The van der Waals surface area contributed by atoms with Gasteiger partial charge in [0.05, 0.1) is 0 Å². The Morgan fingerprint density at radius 3 is 2.26 bits per heavy atom. The Morgan fingerprint density at radius 1 is 1.00 bits per heavy atom. The summed E-state index contributed by atoms with van der Waals surface area (Å²) in [6.07, 6.45) is -0.702. The molecular weight excluding hydrogens is 546 g/mol. The molecule has 0 spiro atoms. The zero-order chi connectivity index (χ0) is 29.9. The van der Waals surface area contributed by atoms with Gasteiger partial charge in [-0.1, -0.05) is 63.2 Å². The van der Waals surface area contributed by atoms with E-state index in [1.54, 1.807) is 0 Å². The Balaban J connectivity index is 1.01. The number of likely N-dealkylation sites (tertiary alicyclic amines) is 1. The molecule has 1 aliphatic heterocycles. The molecule has 1 saturated heterocycles. The van der Waals surface area contributed by atoms with Crippen LogP contribution in [0, 0.1) is 18.8 Å². The molecule has 2 aliphatic rings. The van der Waals surface area contributed by atoms with E-state index in [9.17, 15) is 9.90 Å². The van der Waals surface area contributed by atoms with Crippen molar-refractivity contribution in [3.8, 4) is 11.5 Å². The molecule has 0 bridgehead atoms. The molecule has 8 heteroatoms. The topological polar surface area (TPSA) is 83.1 Å². The number of hydrogen-bond acceptors (Lipinski definition) is 5. The molecule has 0 amide bonds. The second kappa shape index (κ2) is 12.7. The number of aryl methyl sites for hydroxylation is 1. The summed E-state index contributed by atoms with van der Waals surface area (Å²) in [5, 5.41) is 17.6. The molecular formula is C34H41N3O4S. The Morgan fingerprint density at radius 2 is 1.64 bits per heavy atom. The third kappa shape index (κ3) is 7.41. The van der Waals surface area contributed by atoms with Gasteiger partial charge in [-0.3, -0.25) is 0 Å². The number of carbonyl (C=O) groups is 1. The van der Waals surface area contributed by atoms with Crippen LogP contribution in [0.2, 0.25) is 0 Å². The van der Waals surface area contributed by atoms with Crippen molar-refractivity contribution in [2.45, 2.75) is 51.7 Å². The molecule has 222 valence electrons. The highest BCUT2D eigenvalue weighted by molar-refractivity contribution is 7.80. The Bertz CT molecular complexity index is 1380. The van der Waals surface area contributed by atoms with Crippen LogP contribution in [0.15, 0.2) is 72.8 Å². The minimum Gasteiger partial charge on any atom is -0.492 e. The van der Waals surface area contributed by atoms with Gasteiger partial charge >= 0.3 is 5.97 Å². The van der Waals surface area contributed by atoms with Crippen molar-refractivity contribution in [2.75, 3.05) is 31.6 Å². The molecule has 0 aromatic heterocycles. The van der Waals surface area contributed by atoms with Crippen LogP contribution in [-0.4, -0.2) is 59.5 Å². The van der Waals surface area contributed by atoms with Crippen LogP contribution in [-0.2, 0) is 16.6 Å². The van der Waals surface area contributed by atoms with Gasteiger partial charge in [0, 0.05) is 37.8 Å². The number of aliphatic carboxylic acids is 1. The molecule has 1 saturated carbocycles. The van der Waals surface area contributed by atoms with Gasteiger partial charge in [-0.25, -0.2) is 4.79 Å². The summed E-state index contributed by atoms with van der Waals surface area (Å²) in [4.78, 5) is 14.2. The van der Waals surface area contributed by atoms with Crippen molar-refractivity contribution in [1.29, 1.82) is 0 Å². The maximum Gasteiger partial charge on any atom is 0.345 e. The molecule has 5 rings (SSSR count). The molecule has 2 fully saturated rings. The molecule has 4 atom stereocenters. The Labute approximate surface area is 254 Å². The average molecular weight is 588 g/mol. The van der Waals surface area contributed by atoms with Gasteiger partial charge in [-0.15, -0.1) is 0 Å². The van der Waals surface area contributed by atoms with Crippen molar-refractivity contribution in [2.24, 2.45) is 11.8 Å². The summed E-state index contributed by atoms with van der Waals surface area (Å²) in [5.41, 5.74) is 4.34. The summed E-state index contributed by atoms with van der Waals surface area (Å²) in [5.74, 6) is 1.58. The van der Waals surface area contributed by atoms with Crippen LogP contribution in [0.4, 0.5) is 5.69 Å². The normalized spacial score (nSPS) is 20.0. The number of carboxylic acid groups (broad SMARTS) is 1. The second-order valence-corrected chi connectivity index (χ2v) is 12.8. The summed E-state index contributed by atoms with van der Waals surface area (Å²) in [6, 6.07) is 23.9. The van der Waals surface area contributed by atoms with Gasteiger partial charge in [-0.05, 0) is 83.4 Å². The van der Waals surface area contributed by atoms with E-state index >= 15 is 0 Å². The summed E-state index contributed by atoms with van der Waals surface area (Å²) in [7, 11) is 0. The number of piperidine rings is 1. The first-order chi connectivity index (χ1) is 20.1. The molecule has 3 aromatic rings. The standard InChI is InChI=1S/C34H41N3O4S/c1-22-7-5-6-8-29(22)36-33(42)37-20-27-28(21-37)31(27)35-17-18-40-25-13-9-23(10-14-25)19-30(32(38)39)41-26-15-11-24(12-16-26)34(2,3)4/h5-16,27-28,30-31,35H,17-21H2,1-4H3,(H,36,42)(H,38,39)/t27-,28?,30-,31?/m0/s1. The lowest BCUT2D eigenvalue weighted by Gasteiger charge is -2.24. The largest absolute Gasteiger partial charge is 0.492 e. The lowest BCUT2D eigenvalue weighted by atomic mass is 9.87. The predicted octanol–water partition coefficient (Wildman–Crippen LogP) is 5.66. The zero-order valence-electron chi connectivity index (χ0n) is 24.8. The summed E-state index contributed by atoms with van der Waals surface area (Å²) in [6.45, 7) is 11.8. The minimum absolute atomic E-state index is 0.0259. The van der Waals surface area contributed by atoms with Crippen LogP contribution >= 0.6 is 12.2 Å². The van der Waals surface area contributed by atoms with E-state index in [0.717, 1.165) is 41.7 Å². The van der Waals surface area contributed by atoms with Crippen molar-refractivity contribution >= 4 is 29.0 Å². The first kappa shape index (κ1) is 29.9. The maximum absolute atomic E-state index is 11.9. The van der Waals surface area contributed by atoms with Crippen LogP contribution < -0.4 is 20.1 Å². The number of rotatable bonds is 11. The molecule has 3 N–H and O–H groups in total. The van der Waals surface area contributed by atoms with E-state index in [4.69, 9.17) is 21.7 Å². The first-order valence-electron chi connectivity index (χ1n) is 14.6. The van der Waals surface area contributed by atoms with Crippen LogP contribution in [0.3, 0.4) is 0 Å². The summed E-state index contributed by atoms with van der Waals surface area (Å²) >= 11 is 5.66. The van der Waals surface area contributed by atoms with E-state index in [1.807, 2.05) is 60.7 Å². The lowest BCUT2D eigenvalue weighted by Crippen LogP contribution is -2.38. The van der Waals surface area contributed by atoms with Gasteiger partial charge < -0.3 is 30.1 Å². The number of nitrogens with one attached hydrogen (secondary N) is 2. The van der Waals surface area contributed by atoms with Crippen LogP contribution in [0.1, 0.15) is 37.5 Å². The molecule has 0 radical (unpaired) electrons. The van der Waals surface area contributed by atoms with Gasteiger partial charge in [0.2, 0.25) is 0 Å². The number of hydrogen-bond donors (Lipinski definition) is 3. The number of carboxylic acids is 1. The number of ether oxygens (including phenoxy) is 2. The number of anilines is 1. The Kier molecular flexibility index (Phi) is 9.04. The lowest BCUT2D eigenvalue weighted by molar-refractivity contribution is -0.145. The fourth-order valence-electron chi connectivity index (χ4n) is 5.61. The molecule has 3 aromatic carbocycles.